The van der Waals surface area contributed by atoms with Gasteiger partial charge in [-0.3, -0.25) is 4.79 Å². The number of hydrogen-bond acceptors (Lipinski definition) is 2. The van der Waals surface area contributed by atoms with Crippen molar-refractivity contribution in [3.8, 4) is 0 Å². The van der Waals surface area contributed by atoms with Gasteiger partial charge in [0.1, 0.15) is 0 Å². The summed E-state index contributed by atoms with van der Waals surface area (Å²) < 4.78 is 4.90. The number of hydrogen-bond donors (Lipinski definition) is 0. The van der Waals surface area contributed by atoms with Gasteiger partial charge in [-0.15, -0.1) is 0 Å². The van der Waals surface area contributed by atoms with E-state index in [1.54, 1.807) is 0 Å². The van der Waals surface area contributed by atoms with Crippen molar-refractivity contribution in [2.75, 3.05) is 6.61 Å². The molecule has 0 N–H and O–H groups in total. The van der Waals surface area contributed by atoms with Gasteiger partial charge in [-0.25, -0.2) is 0 Å². The molecule has 2 heteroatoms. The number of unbranched alkanes of at least 4 members (excludes halogenated alkanes) is 2. The molecule has 1 heterocycles. The second-order valence-corrected chi connectivity index (χ2v) is 3.94. The third-order valence-electron chi connectivity index (χ3n) is 2.54. The first-order chi connectivity index (χ1) is 6.83. The standard InChI is InChI=1S/C12H20O2/c1-2-3-4-5-6-7-8-11-9-12(13)14-10-11/h4-5,11H,2-3,6-10H2,1H3/b5-4-. The minimum absolute atomic E-state index is 0.0171. The molecule has 1 saturated heterocycles. The van der Waals surface area contributed by atoms with Crippen LogP contribution in [0.2, 0.25) is 0 Å². The van der Waals surface area contributed by atoms with E-state index in [1.807, 2.05) is 0 Å². The Kier molecular flexibility index (Phi) is 5.35. The van der Waals surface area contributed by atoms with Crippen molar-refractivity contribution in [2.45, 2.75) is 45.4 Å². The van der Waals surface area contributed by atoms with Crippen LogP contribution in [-0.2, 0) is 9.53 Å². The van der Waals surface area contributed by atoms with Crippen LogP contribution in [0.15, 0.2) is 12.2 Å². The van der Waals surface area contributed by atoms with Gasteiger partial charge >= 0.3 is 5.97 Å². The van der Waals surface area contributed by atoms with Crippen LogP contribution >= 0.6 is 0 Å². The molecule has 0 aromatic heterocycles. The molecule has 0 aromatic rings. The monoisotopic (exact) mass is 196 g/mol. The molecule has 14 heavy (non-hydrogen) atoms. The maximum absolute atomic E-state index is 10.8. The van der Waals surface area contributed by atoms with E-state index in [-0.39, 0.29) is 5.97 Å². The molecule has 1 fully saturated rings. The first-order valence-corrected chi connectivity index (χ1v) is 5.63. The van der Waals surface area contributed by atoms with Crippen molar-refractivity contribution in [3.63, 3.8) is 0 Å². The Labute approximate surface area is 86.3 Å². The van der Waals surface area contributed by atoms with Crippen LogP contribution in [0.5, 0.6) is 0 Å². The van der Waals surface area contributed by atoms with Gasteiger partial charge in [0, 0.05) is 5.92 Å². The summed E-state index contributed by atoms with van der Waals surface area (Å²) in [5.41, 5.74) is 0. The molecular weight excluding hydrogens is 176 g/mol. The van der Waals surface area contributed by atoms with E-state index < -0.39 is 0 Å². The summed E-state index contributed by atoms with van der Waals surface area (Å²) in [6, 6.07) is 0. The Balaban J connectivity index is 1.96. The molecule has 0 radical (unpaired) electrons. The van der Waals surface area contributed by atoms with Crippen LogP contribution in [0.1, 0.15) is 45.4 Å². The highest BCUT2D eigenvalue weighted by Crippen LogP contribution is 2.20. The van der Waals surface area contributed by atoms with Gasteiger partial charge in [-0.1, -0.05) is 25.5 Å². The number of carbonyl (C=O) groups is 1. The Morgan fingerprint density at radius 2 is 2.21 bits per heavy atom. The minimum Gasteiger partial charge on any atom is -0.465 e. The molecule has 1 unspecified atom stereocenters. The largest absolute Gasteiger partial charge is 0.465 e. The number of esters is 1. The number of ether oxygens (including phenoxy) is 1. The Hall–Kier alpha value is -0.790. The molecule has 0 aromatic carbocycles. The predicted molar refractivity (Wildman–Crippen MR) is 57.0 cm³/mol. The van der Waals surface area contributed by atoms with Gasteiger partial charge in [0.25, 0.3) is 0 Å². The van der Waals surface area contributed by atoms with Gasteiger partial charge in [0.05, 0.1) is 13.0 Å². The van der Waals surface area contributed by atoms with Gasteiger partial charge in [-0.2, -0.15) is 0 Å². The fourth-order valence-electron chi connectivity index (χ4n) is 1.68. The first-order valence-electron chi connectivity index (χ1n) is 5.63. The summed E-state index contributed by atoms with van der Waals surface area (Å²) in [6.07, 6.45) is 11.0. The van der Waals surface area contributed by atoms with E-state index in [1.165, 1.54) is 19.3 Å². The molecular formula is C12H20O2. The molecule has 1 aliphatic rings. The van der Waals surface area contributed by atoms with Gasteiger partial charge in [0.15, 0.2) is 0 Å². The van der Waals surface area contributed by atoms with Crippen LogP contribution in [-0.4, -0.2) is 12.6 Å². The fraction of sp³-hybridized carbons (Fsp3) is 0.750. The zero-order valence-electron chi connectivity index (χ0n) is 9.00. The van der Waals surface area contributed by atoms with Crippen LogP contribution in [0.3, 0.4) is 0 Å². The number of allylic oxidation sites excluding steroid dienone is 2. The fourth-order valence-corrected chi connectivity index (χ4v) is 1.68. The van der Waals surface area contributed by atoms with E-state index in [0.29, 0.717) is 18.9 Å². The second-order valence-electron chi connectivity index (χ2n) is 3.94. The Morgan fingerprint density at radius 3 is 2.86 bits per heavy atom. The second kappa shape index (κ2) is 6.63. The van der Waals surface area contributed by atoms with Crippen molar-refractivity contribution in [1.82, 2.24) is 0 Å². The third kappa shape index (κ3) is 4.45. The van der Waals surface area contributed by atoms with Crippen molar-refractivity contribution in [2.24, 2.45) is 5.92 Å². The SMILES string of the molecule is CCC/C=C\CCCC1COC(=O)C1. The van der Waals surface area contributed by atoms with Crippen molar-refractivity contribution >= 4 is 5.97 Å². The van der Waals surface area contributed by atoms with Crippen molar-refractivity contribution in [1.29, 1.82) is 0 Å². The number of rotatable bonds is 6. The molecule has 0 amide bonds. The summed E-state index contributed by atoms with van der Waals surface area (Å²) in [5, 5.41) is 0. The summed E-state index contributed by atoms with van der Waals surface area (Å²) >= 11 is 0. The van der Waals surface area contributed by atoms with E-state index in [2.05, 4.69) is 19.1 Å². The van der Waals surface area contributed by atoms with E-state index >= 15 is 0 Å². The topological polar surface area (TPSA) is 26.3 Å². The molecule has 0 spiro atoms. The summed E-state index contributed by atoms with van der Waals surface area (Å²) in [5.74, 6) is 0.471. The zero-order valence-corrected chi connectivity index (χ0v) is 9.00. The lowest BCUT2D eigenvalue weighted by atomic mass is 10.0. The van der Waals surface area contributed by atoms with Crippen molar-refractivity contribution in [3.05, 3.63) is 12.2 Å². The van der Waals surface area contributed by atoms with Crippen molar-refractivity contribution < 1.29 is 9.53 Å². The lowest BCUT2D eigenvalue weighted by Gasteiger charge is -2.02. The number of cyclic esters (lactones) is 1. The lowest BCUT2D eigenvalue weighted by Crippen LogP contribution is -1.98. The van der Waals surface area contributed by atoms with Crippen LogP contribution in [0.4, 0.5) is 0 Å². The molecule has 0 bridgehead atoms. The highest BCUT2D eigenvalue weighted by Gasteiger charge is 2.22. The minimum atomic E-state index is -0.0171. The van der Waals surface area contributed by atoms with Gasteiger partial charge in [0.2, 0.25) is 0 Å². The molecule has 1 atom stereocenters. The Morgan fingerprint density at radius 1 is 1.43 bits per heavy atom. The normalized spacial score (nSPS) is 21.8. The highest BCUT2D eigenvalue weighted by molar-refractivity contribution is 5.71. The van der Waals surface area contributed by atoms with Crippen LogP contribution in [0.25, 0.3) is 0 Å². The number of carbonyl (C=O) groups excluding carboxylic acids is 1. The van der Waals surface area contributed by atoms with E-state index in [4.69, 9.17) is 4.74 Å². The van der Waals surface area contributed by atoms with Crippen LogP contribution < -0.4 is 0 Å². The quantitative estimate of drug-likeness (QED) is 0.371. The van der Waals surface area contributed by atoms with Gasteiger partial charge in [-0.05, 0) is 25.7 Å². The lowest BCUT2D eigenvalue weighted by molar-refractivity contribution is -0.137. The first kappa shape index (κ1) is 11.3. The highest BCUT2D eigenvalue weighted by atomic mass is 16.5. The maximum Gasteiger partial charge on any atom is 0.306 e. The smallest absolute Gasteiger partial charge is 0.306 e. The average Bonchev–Trinajstić information content (AvgIpc) is 2.58. The average molecular weight is 196 g/mol. The Bertz CT molecular complexity index is 196. The maximum atomic E-state index is 10.8. The summed E-state index contributed by atoms with van der Waals surface area (Å²) in [4.78, 5) is 10.8. The molecule has 2 nitrogen and oxygen atoms in total. The molecule has 1 aliphatic heterocycles. The van der Waals surface area contributed by atoms with Gasteiger partial charge < -0.3 is 4.74 Å². The molecule has 80 valence electrons. The predicted octanol–water partition coefficient (Wildman–Crippen LogP) is 3.08. The summed E-state index contributed by atoms with van der Waals surface area (Å²) in [6.45, 7) is 2.84. The van der Waals surface area contributed by atoms with E-state index in [9.17, 15) is 4.79 Å². The molecule has 1 rings (SSSR count). The van der Waals surface area contributed by atoms with E-state index in [0.717, 1.165) is 12.8 Å². The zero-order chi connectivity index (χ0) is 10.2. The summed E-state index contributed by atoms with van der Waals surface area (Å²) in [7, 11) is 0. The third-order valence-corrected chi connectivity index (χ3v) is 2.54. The molecule has 0 aliphatic carbocycles. The van der Waals surface area contributed by atoms with Crippen LogP contribution in [0, 0.1) is 5.92 Å². The molecule has 0 saturated carbocycles.